The number of hydrogen-bond acceptors (Lipinski definition) is 0. The van der Waals surface area contributed by atoms with Crippen molar-refractivity contribution in [2.24, 2.45) is 5.92 Å². The Morgan fingerprint density at radius 3 is 1.00 bits per heavy atom. The Hall–Kier alpha value is 0. The molecule has 1 aliphatic carbocycles. The van der Waals surface area contributed by atoms with Crippen LogP contribution < -0.4 is 0 Å². The predicted molar refractivity (Wildman–Crippen MR) is 68.8 cm³/mol. The maximum Gasteiger partial charge on any atom is -0.0500 e. The van der Waals surface area contributed by atoms with Gasteiger partial charge in [-0.05, 0) is 5.92 Å². The van der Waals surface area contributed by atoms with Gasteiger partial charge in [0.2, 0.25) is 0 Å². The molecule has 0 heterocycles. The first-order valence-corrected chi connectivity index (χ1v) is 6.65. The van der Waals surface area contributed by atoms with Gasteiger partial charge in [0, 0.05) is 0 Å². The summed E-state index contributed by atoms with van der Waals surface area (Å²) in [5.74, 6) is 0.833. The standard InChI is InChI=1S/C6H14.C4H8.C4H10/c1-3-5-6-4-2;1-2-4-3-1;1-4(2)3/h3-6H2,1-2H3;1-4H2;4H,1-3H3. The monoisotopic (exact) mass is 200 g/mol. The van der Waals surface area contributed by atoms with Crippen LogP contribution in [0.1, 0.15) is 86.0 Å². The third-order valence-corrected chi connectivity index (χ3v) is 1.96. The van der Waals surface area contributed by atoms with Gasteiger partial charge in [-0.15, -0.1) is 0 Å². The summed E-state index contributed by atoms with van der Waals surface area (Å²) in [6.07, 6.45) is 11.5. The van der Waals surface area contributed by atoms with Crippen molar-refractivity contribution in [3.05, 3.63) is 0 Å². The molecule has 0 spiro atoms. The van der Waals surface area contributed by atoms with E-state index in [0.717, 1.165) is 5.92 Å². The Bertz CT molecular complexity index is 59.4. The Kier molecular flexibility index (Phi) is 18.2. The predicted octanol–water partition coefficient (Wildman–Crippen LogP) is 5.81. The highest BCUT2D eigenvalue weighted by molar-refractivity contribution is 4.50. The van der Waals surface area contributed by atoms with E-state index in [-0.39, 0.29) is 0 Å². The summed E-state index contributed by atoms with van der Waals surface area (Å²) < 4.78 is 0. The summed E-state index contributed by atoms with van der Waals surface area (Å²) in [5.41, 5.74) is 0. The van der Waals surface area contributed by atoms with Gasteiger partial charge in [0.15, 0.2) is 0 Å². The van der Waals surface area contributed by atoms with Crippen LogP contribution in [0.25, 0.3) is 0 Å². The van der Waals surface area contributed by atoms with Crippen LogP contribution in [0.3, 0.4) is 0 Å². The molecule has 0 saturated heterocycles. The van der Waals surface area contributed by atoms with Crippen LogP contribution in [0.5, 0.6) is 0 Å². The molecule has 1 aliphatic rings. The molecule has 1 saturated carbocycles. The molecule has 0 amide bonds. The molecule has 0 aromatic carbocycles. The summed E-state index contributed by atoms with van der Waals surface area (Å²) in [6, 6.07) is 0. The van der Waals surface area contributed by atoms with E-state index in [4.69, 9.17) is 0 Å². The lowest BCUT2D eigenvalue weighted by atomic mass is 10.0. The van der Waals surface area contributed by atoms with Crippen molar-refractivity contribution in [1.82, 2.24) is 0 Å². The second-order valence-electron chi connectivity index (χ2n) is 4.85. The maximum absolute atomic E-state index is 2.23. The Morgan fingerprint density at radius 1 is 0.714 bits per heavy atom. The normalized spacial score (nSPS) is 13.3. The van der Waals surface area contributed by atoms with Crippen molar-refractivity contribution in [2.75, 3.05) is 0 Å². The molecule has 0 aromatic heterocycles. The molecule has 0 heteroatoms. The molecular formula is C14H32. The molecular weight excluding hydrogens is 168 g/mol. The van der Waals surface area contributed by atoms with Gasteiger partial charge in [-0.3, -0.25) is 0 Å². The lowest BCUT2D eigenvalue weighted by Gasteiger charge is -2.05. The third kappa shape index (κ3) is 29.6. The maximum atomic E-state index is 2.23. The number of unbranched alkanes of at least 4 members (excludes halogenated alkanes) is 3. The van der Waals surface area contributed by atoms with Crippen LogP contribution in [0.15, 0.2) is 0 Å². The highest BCUT2D eigenvalue weighted by Gasteiger charge is 1.95. The zero-order valence-electron chi connectivity index (χ0n) is 11.2. The molecule has 0 atom stereocenters. The fraction of sp³-hybridized carbons (Fsp3) is 1.00. The third-order valence-electron chi connectivity index (χ3n) is 1.96. The summed E-state index contributed by atoms with van der Waals surface area (Å²) in [4.78, 5) is 0. The molecule has 0 nitrogen and oxygen atoms in total. The molecule has 0 unspecified atom stereocenters. The van der Waals surface area contributed by atoms with Gasteiger partial charge in [0.05, 0.1) is 0 Å². The van der Waals surface area contributed by atoms with Crippen LogP contribution in [-0.2, 0) is 0 Å². The highest BCUT2D eigenvalue weighted by Crippen LogP contribution is 2.15. The van der Waals surface area contributed by atoms with E-state index >= 15 is 0 Å². The quantitative estimate of drug-likeness (QED) is 0.504. The summed E-state index contributed by atoms with van der Waals surface area (Å²) >= 11 is 0. The van der Waals surface area contributed by atoms with Crippen LogP contribution in [-0.4, -0.2) is 0 Å². The SMILES string of the molecule is C1CCC1.CC(C)C.CCCCCC. The summed E-state index contributed by atoms with van der Waals surface area (Å²) in [5, 5.41) is 0. The Balaban J connectivity index is 0. The zero-order chi connectivity index (χ0) is 11.2. The molecule has 0 N–H and O–H groups in total. The fourth-order valence-electron chi connectivity index (χ4n) is 0.750. The average molecular weight is 200 g/mol. The molecule has 0 aliphatic heterocycles. The summed E-state index contributed by atoms with van der Waals surface area (Å²) in [6.45, 7) is 11.0. The smallest absolute Gasteiger partial charge is 0.0500 e. The van der Waals surface area contributed by atoms with E-state index in [1.807, 2.05) is 0 Å². The lowest BCUT2D eigenvalue weighted by Crippen LogP contribution is -1.85. The van der Waals surface area contributed by atoms with Crippen molar-refractivity contribution in [3.8, 4) is 0 Å². The van der Waals surface area contributed by atoms with Crippen molar-refractivity contribution < 1.29 is 0 Å². The van der Waals surface area contributed by atoms with E-state index in [2.05, 4.69) is 34.6 Å². The fourth-order valence-corrected chi connectivity index (χ4v) is 0.750. The number of hydrogen-bond donors (Lipinski definition) is 0. The molecule has 0 bridgehead atoms. The summed E-state index contributed by atoms with van der Waals surface area (Å²) in [7, 11) is 0. The molecule has 0 aromatic rings. The molecule has 14 heavy (non-hydrogen) atoms. The van der Waals surface area contributed by atoms with Crippen molar-refractivity contribution >= 4 is 0 Å². The van der Waals surface area contributed by atoms with Gasteiger partial charge in [0.25, 0.3) is 0 Å². The second kappa shape index (κ2) is 15.5. The number of rotatable bonds is 3. The van der Waals surface area contributed by atoms with Crippen molar-refractivity contribution in [2.45, 2.75) is 86.0 Å². The van der Waals surface area contributed by atoms with E-state index in [1.54, 1.807) is 0 Å². The van der Waals surface area contributed by atoms with Crippen LogP contribution >= 0.6 is 0 Å². The average Bonchev–Trinajstić information content (AvgIpc) is 1.96. The van der Waals surface area contributed by atoms with Crippen molar-refractivity contribution in [1.29, 1.82) is 0 Å². The van der Waals surface area contributed by atoms with Gasteiger partial charge >= 0.3 is 0 Å². The lowest BCUT2D eigenvalue weighted by molar-refractivity contribution is 0.504. The molecule has 1 rings (SSSR count). The van der Waals surface area contributed by atoms with Gasteiger partial charge in [-0.2, -0.15) is 0 Å². The van der Waals surface area contributed by atoms with E-state index in [1.165, 1.54) is 51.4 Å². The first kappa shape index (κ1) is 16.4. The minimum absolute atomic E-state index is 0.833. The van der Waals surface area contributed by atoms with Crippen LogP contribution in [0.4, 0.5) is 0 Å². The molecule has 88 valence electrons. The van der Waals surface area contributed by atoms with Crippen molar-refractivity contribution in [3.63, 3.8) is 0 Å². The van der Waals surface area contributed by atoms with Gasteiger partial charge in [-0.1, -0.05) is 86.0 Å². The van der Waals surface area contributed by atoms with Crippen LogP contribution in [0.2, 0.25) is 0 Å². The van der Waals surface area contributed by atoms with E-state index < -0.39 is 0 Å². The first-order valence-electron chi connectivity index (χ1n) is 6.65. The minimum atomic E-state index is 0.833. The van der Waals surface area contributed by atoms with Gasteiger partial charge < -0.3 is 0 Å². The Labute approximate surface area is 92.5 Å². The first-order chi connectivity index (χ1) is 6.65. The van der Waals surface area contributed by atoms with Gasteiger partial charge in [0.1, 0.15) is 0 Å². The van der Waals surface area contributed by atoms with E-state index in [0.29, 0.717) is 0 Å². The highest BCUT2D eigenvalue weighted by atomic mass is 14.0. The van der Waals surface area contributed by atoms with Gasteiger partial charge in [-0.25, -0.2) is 0 Å². The molecule has 1 fully saturated rings. The topological polar surface area (TPSA) is 0 Å². The second-order valence-corrected chi connectivity index (χ2v) is 4.85. The minimum Gasteiger partial charge on any atom is -0.0654 e. The largest absolute Gasteiger partial charge is 0.0654 e. The Morgan fingerprint density at radius 2 is 0.929 bits per heavy atom. The molecule has 0 radical (unpaired) electrons. The van der Waals surface area contributed by atoms with E-state index in [9.17, 15) is 0 Å². The van der Waals surface area contributed by atoms with Crippen LogP contribution in [0, 0.1) is 5.92 Å². The zero-order valence-corrected chi connectivity index (χ0v) is 11.2.